The van der Waals surface area contributed by atoms with Gasteiger partial charge in [-0.2, -0.15) is 4.99 Å². The molecule has 0 radical (unpaired) electrons. The number of hydrogen-bond donors (Lipinski definition) is 0. The molecule has 0 aromatic heterocycles. The van der Waals surface area contributed by atoms with E-state index in [2.05, 4.69) is 4.99 Å². The molecule has 0 saturated heterocycles. The van der Waals surface area contributed by atoms with E-state index in [4.69, 9.17) is 23.2 Å². The molecule has 1 aromatic rings. The van der Waals surface area contributed by atoms with Crippen LogP contribution >= 0.6 is 23.2 Å². The maximum absolute atomic E-state index is 10.2. The highest BCUT2D eigenvalue weighted by Crippen LogP contribution is 2.39. The fourth-order valence-electron chi connectivity index (χ4n) is 1.24. The van der Waals surface area contributed by atoms with Crippen molar-refractivity contribution in [3.05, 3.63) is 26.7 Å². The Kier molecular flexibility index (Phi) is 3.33. The van der Waals surface area contributed by atoms with Crippen molar-refractivity contribution in [2.24, 2.45) is 4.99 Å². The molecule has 0 spiro atoms. The van der Waals surface area contributed by atoms with E-state index in [0.717, 1.165) is 16.7 Å². The van der Waals surface area contributed by atoms with Gasteiger partial charge in [0.05, 0.1) is 15.7 Å². The smallest absolute Gasteiger partial charge is 0.211 e. The van der Waals surface area contributed by atoms with Crippen LogP contribution in [0.4, 0.5) is 5.69 Å². The molecule has 4 heteroatoms. The number of hydrogen-bond acceptors (Lipinski definition) is 2. The summed E-state index contributed by atoms with van der Waals surface area (Å²) >= 11 is 11.9. The lowest BCUT2D eigenvalue weighted by atomic mass is 10.0. The summed E-state index contributed by atoms with van der Waals surface area (Å²) in [5.74, 6) is 0. The van der Waals surface area contributed by atoms with E-state index in [1.165, 1.54) is 6.08 Å². The summed E-state index contributed by atoms with van der Waals surface area (Å²) < 4.78 is 0. The lowest BCUT2D eigenvalue weighted by Gasteiger charge is -2.11. The predicted octanol–water partition coefficient (Wildman–Crippen LogP) is 3.89. The average Bonchev–Trinajstić information content (AvgIpc) is 2.19. The van der Waals surface area contributed by atoms with E-state index < -0.39 is 0 Å². The van der Waals surface area contributed by atoms with Crippen molar-refractivity contribution in [3.63, 3.8) is 0 Å². The first-order valence-electron chi connectivity index (χ1n) is 4.03. The largest absolute Gasteiger partial charge is 0.240 e. The molecule has 0 unspecified atom stereocenters. The van der Waals surface area contributed by atoms with Gasteiger partial charge in [-0.1, -0.05) is 23.2 Å². The standard InChI is InChI=1S/C10H9Cl2NO/c1-5-6(2)8(11)9(12)10(7(5)3)13-4-14/h1-3H3. The van der Waals surface area contributed by atoms with Crippen molar-refractivity contribution in [1.29, 1.82) is 0 Å². The minimum atomic E-state index is 0.315. The molecule has 0 aliphatic carbocycles. The molecule has 1 rings (SSSR count). The number of halogens is 2. The second-order valence-corrected chi connectivity index (χ2v) is 3.81. The number of aliphatic imine (C=N–C) groups is 1. The fourth-order valence-corrected chi connectivity index (χ4v) is 1.79. The third-order valence-electron chi connectivity index (χ3n) is 2.37. The summed E-state index contributed by atoms with van der Waals surface area (Å²) in [5, 5.41) is 0.763. The predicted molar refractivity (Wildman–Crippen MR) is 58.5 cm³/mol. The van der Waals surface area contributed by atoms with Gasteiger partial charge in [0.15, 0.2) is 0 Å². The fraction of sp³-hybridized carbons (Fsp3) is 0.300. The zero-order valence-electron chi connectivity index (χ0n) is 8.11. The molecular formula is C10H9Cl2NO. The first kappa shape index (κ1) is 11.3. The second-order valence-electron chi connectivity index (χ2n) is 3.05. The Hall–Kier alpha value is -0.820. The number of carbonyl (C=O) groups excluding carboxylic acids is 1. The van der Waals surface area contributed by atoms with Crippen molar-refractivity contribution >= 4 is 35.0 Å². The highest BCUT2D eigenvalue weighted by Gasteiger charge is 2.14. The quantitative estimate of drug-likeness (QED) is 0.531. The topological polar surface area (TPSA) is 29.4 Å². The molecule has 0 heterocycles. The highest BCUT2D eigenvalue weighted by atomic mass is 35.5. The minimum absolute atomic E-state index is 0.315. The van der Waals surface area contributed by atoms with Crippen LogP contribution in [0.25, 0.3) is 0 Å². The van der Waals surface area contributed by atoms with E-state index in [9.17, 15) is 4.79 Å². The van der Waals surface area contributed by atoms with E-state index in [1.54, 1.807) is 0 Å². The Morgan fingerprint density at radius 2 is 1.57 bits per heavy atom. The maximum Gasteiger partial charge on any atom is 0.240 e. The second kappa shape index (κ2) is 4.14. The zero-order valence-corrected chi connectivity index (χ0v) is 9.62. The van der Waals surface area contributed by atoms with Crippen molar-refractivity contribution in [1.82, 2.24) is 0 Å². The Morgan fingerprint density at radius 3 is 2.07 bits per heavy atom. The normalized spacial score (nSPS) is 9.79. The van der Waals surface area contributed by atoms with Gasteiger partial charge in [-0.15, -0.1) is 0 Å². The summed E-state index contributed by atoms with van der Waals surface area (Å²) in [7, 11) is 0. The van der Waals surface area contributed by atoms with Crippen LogP contribution in [0.2, 0.25) is 10.0 Å². The molecule has 2 nitrogen and oxygen atoms in total. The average molecular weight is 230 g/mol. The van der Waals surface area contributed by atoms with Crippen LogP contribution in [0.15, 0.2) is 4.99 Å². The summed E-state index contributed by atoms with van der Waals surface area (Å²) in [6, 6.07) is 0. The monoisotopic (exact) mass is 229 g/mol. The Labute approximate surface area is 92.6 Å². The highest BCUT2D eigenvalue weighted by molar-refractivity contribution is 6.44. The molecule has 0 bridgehead atoms. The van der Waals surface area contributed by atoms with Crippen molar-refractivity contribution in [3.8, 4) is 0 Å². The molecule has 0 amide bonds. The van der Waals surface area contributed by atoms with Gasteiger partial charge in [-0.05, 0) is 37.5 Å². The molecule has 1 aromatic carbocycles. The van der Waals surface area contributed by atoms with Crippen LogP contribution in [0.1, 0.15) is 16.7 Å². The van der Waals surface area contributed by atoms with Gasteiger partial charge in [0, 0.05) is 0 Å². The molecule has 74 valence electrons. The number of isocyanates is 1. The van der Waals surface area contributed by atoms with Crippen molar-refractivity contribution < 1.29 is 4.79 Å². The Morgan fingerprint density at radius 1 is 1.00 bits per heavy atom. The first-order chi connectivity index (χ1) is 6.50. The lowest BCUT2D eigenvalue weighted by molar-refractivity contribution is 0.565. The molecule has 0 atom stereocenters. The Bertz CT molecular complexity index is 405. The van der Waals surface area contributed by atoms with E-state index in [0.29, 0.717) is 15.7 Å². The molecule has 0 saturated carbocycles. The van der Waals surface area contributed by atoms with Crippen molar-refractivity contribution in [2.45, 2.75) is 20.8 Å². The number of rotatable bonds is 1. The van der Waals surface area contributed by atoms with Gasteiger partial charge in [0.2, 0.25) is 6.08 Å². The van der Waals surface area contributed by atoms with Crippen molar-refractivity contribution in [2.75, 3.05) is 0 Å². The van der Waals surface area contributed by atoms with E-state index >= 15 is 0 Å². The van der Waals surface area contributed by atoms with E-state index in [-0.39, 0.29) is 0 Å². The van der Waals surface area contributed by atoms with Crippen LogP contribution in [0.3, 0.4) is 0 Å². The van der Waals surface area contributed by atoms with Crippen LogP contribution < -0.4 is 0 Å². The third kappa shape index (κ3) is 1.69. The van der Waals surface area contributed by atoms with Gasteiger partial charge in [-0.25, -0.2) is 4.79 Å². The van der Waals surface area contributed by atoms with Gasteiger partial charge < -0.3 is 0 Å². The number of nitrogens with zero attached hydrogens (tertiary/aromatic N) is 1. The summed E-state index contributed by atoms with van der Waals surface area (Å²) in [6.07, 6.45) is 1.47. The van der Waals surface area contributed by atoms with Crippen LogP contribution in [-0.4, -0.2) is 6.08 Å². The summed E-state index contributed by atoms with van der Waals surface area (Å²) in [6.45, 7) is 5.64. The molecule has 0 N–H and O–H groups in total. The van der Waals surface area contributed by atoms with Gasteiger partial charge >= 0.3 is 0 Å². The van der Waals surface area contributed by atoms with Crippen LogP contribution in [0.5, 0.6) is 0 Å². The minimum Gasteiger partial charge on any atom is -0.211 e. The number of benzene rings is 1. The van der Waals surface area contributed by atoms with Crippen LogP contribution in [0, 0.1) is 20.8 Å². The zero-order chi connectivity index (χ0) is 10.9. The molecule has 0 aliphatic rings. The van der Waals surface area contributed by atoms with Gasteiger partial charge in [0.1, 0.15) is 0 Å². The summed E-state index contributed by atoms with van der Waals surface area (Å²) in [4.78, 5) is 13.7. The molecular weight excluding hydrogens is 221 g/mol. The maximum atomic E-state index is 10.2. The van der Waals surface area contributed by atoms with E-state index in [1.807, 2.05) is 20.8 Å². The first-order valence-corrected chi connectivity index (χ1v) is 4.79. The molecule has 0 fully saturated rings. The summed E-state index contributed by atoms with van der Waals surface area (Å²) in [5.41, 5.74) is 3.18. The molecule has 0 aliphatic heterocycles. The Balaban J connectivity index is 3.67. The van der Waals surface area contributed by atoms with Gasteiger partial charge in [0.25, 0.3) is 0 Å². The van der Waals surface area contributed by atoms with Crippen LogP contribution in [-0.2, 0) is 4.79 Å². The molecule has 14 heavy (non-hydrogen) atoms. The third-order valence-corrected chi connectivity index (χ3v) is 3.30. The van der Waals surface area contributed by atoms with Gasteiger partial charge in [-0.3, -0.25) is 0 Å². The lowest BCUT2D eigenvalue weighted by Crippen LogP contribution is -1.90. The SMILES string of the molecule is Cc1c(C)c(Cl)c(Cl)c(N=C=O)c1C.